The summed E-state index contributed by atoms with van der Waals surface area (Å²) in [5.74, 6) is -0.626. The van der Waals surface area contributed by atoms with E-state index in [4.69, 9.17) is 16.3 Å². The second-order valence-corrected chi connectivity index (χ2v) is 11.3. The maximum absolute atomic E-state index is 14.0. The van der Waals surface area contributed by atoms with Crippen molar-refractivity contribution < 1.29 is 22.7 Å². The lowest BCUT2D eigenvalue weighted by Gasteiger charge is -2.32. The molecule has 3 rings (SSSR count). The Labute approximate surface area is 235 Å². The molecule has 8 nitrogen and oxygen atoms in total. The van der Waals surface area contributed by atoms with Crippen LogP contribution in [0.2, 0.25) is 5.02 Å². The molecule has 0 aliphatic rings. The minimum absolute atomic E-state index is 0.0173. The Morgan fingerprint density at radius 3 is 2.33 bits per heavy atom. The van der Waals surface area contributed by atoms with Gasteiger partial charge in [0.2, 0.25) is 11.8 Å². The normalized spacial score (nSPS) is 11.9. The summed E-state index contributed by atoms with van der Waals surface area (Å²) in [5.41, 5.74) is 1.63. The van der Waals surface area contributed by atoms with Gasteiger partial charge in [0, 0.05) is 18.1 Å². The minimum atomic E-state index is -4.19. The van der Waals surface area contributed by atoms with E-state index >= 15 is 0 Å². The van der Waals surface area contributed by atoms with E-state index in [2.05, 4.69) is 5.32 Å². The van der Waals surface area contributed by atoms with E-state index in [-0.39, 0.29) is 23.0 Å². The number of anilines is 1. The molecule has 0 saturated heterocycles. The van der Waals surface area contributed by atoms with Crippen LogP contribution in [0.1, 0.15) is 31.4 Å². The number of carbonyl (C=O) groups excluding carboxylic acids is 2. The van der Waals surface area contributed by atoms with Crippen molar-refractivity contribution in [2.45, 2.75) is 44.7 Å². The minimum Gasteiger partial charge on any atom is -0.495 e. The number of ether oxygens (including phenoxy) is 1. The second kappa shape index (κ2) is 13.5. The van der Waals surface area contributed by atoms with Crippen LogP contribution in [0.5, 0.6) is 5.75 Å². The number of nitrogens with zero attached hydrogens (tertiary/aromatic N) is 2. The zero-order chi connectivity index (χ0) is 28.6. The molecule has 2 amide bonds. The van der Waals surface area contributed by atoms with Crippen molar-refractivity contribution in [3.05, 3.63) is 88.9 Å². The Balaban J connectivity index is 2.09. The van der Waals surface area contributed by atoms with E-state index in [1.54, 1.807) is 67.6 Å². The zero-order valence-electron chi connectivity index (χ0n) is 22.6. The molecule has 1 atom stereocenters. The number of halogens is 1. The Morgan fingerprint density at radius 2 is 1.69 bits per heavy atom. The van der Waals surface area contributed by atoms with Crippen LogP contribution in [-0.2, 0) is 26.2 Å². The van der Waals surface area contributed by atoms with E-state index in [0.717, 1.165) is 16.3 Å². The molecule has 3 aromatic carbocycles. The summed E-state index contributed by atoms with van der Waals surface area (Å²) in [6.45, 7) is 5.27. The van der Waals surface area contributed by atoms with Gasteiger partial charge in [0.25, 0.3) is 10.0 Å². The number of benzene rings is 3. The number of methoxy groups -OCH3 is 1. The van der Waals surface area contributed by atoms with Gasteiger partial charge in [-0.15, -0.1) is 0 Å². The third-order valence-corrected chi connectivity index (χ3v) is 8.37. The molecule has 0 aromatic heterocycles. The molecule has 39 heavy (non-hydrogen) atoms. The maximum Gasteiger partial charge on any atom is 0.264 e. The quantitative estimate of drug-likeness (QED) is 0.337. The number of hydrogen-bond donors (Lipinski definition) is 1. The highest BCUT2D eigenvalue weighted by molar-refractivity contribution is 7.92. The van der Waals surface area contributed by atoms with Gasteiger partial charge in [-0.2, -0.15) is 0 Å². The fraction of sp³-hybridized carbons (Fsp3) is 0.310. The average Bonchev–Trinajstić information content (AvgIpc) is 2.94. The lowest BCUT2D eigenvalue weighted by molar-refractivity contribution is -0.139. The number of aryl methyl sites for hydroxylation is 1. The first-order chi connectivity index (χ1) is 18.6. The van der Waals surface area contributed by atoms with Crippen molar-refractivity contribution in [2.75, 3.05) is 24.5 Å². The number of rotatable bonds is 12. The molecular formula is C29H34ClN3O5S. The number of sulfonamides is 1. The number of amides is 2. The van der Waals surface area contributed by atoms with Crippen LogP contribution in [0.3, 0.4) is 0 Å². The highest BCUT2D eigenvalue weighted by Crippen LogP contribution is 2.33. The van der Waals surface area contributed by atoms with Crippen molar-refractivity contribution >= 4 is 39.1 Å². The molecule has 10 heteroatoms. The predicted octanol–water partition coefficient (Wildman–Crippen LogP) is 4.80. The molecule has 0 heterocycles. The lowest BCUT2D eigenvalue weighted by atomic mass is 10.1. The van der Waals surface area contributed by atoms with Crippen LogP contribution in [0, 0.1) is 6.92 Å². The first kappa shape index (κ1) is 30.0. The molecule has 208 valence electrons. The monoisotopic (exact) mass is 571 g/mol. The van der Waals surface area contributed by atoms with Crippen molar-refractivity contribution in [1.29, 1.82) is 0 Å². The van der Waals surface area contributed by atoms with Gasteiger partial charge >= 0.3 is 0 Å². The summed E-state index contributed by atoms with van der Waals surface area (Å²) in [6.07, 6.45) is 0.729. The van der Waals surface area contributed by atoms with Gasteiger partial charge in [-0.3, -0.25) is 13.9 Å². The first-order valence-electron chi connectivity index (χ1n) is 12.6. The third-order valence-electron chi connectivity index (χ3n) is 6.23. The number of carbonyl (C=O) groups is 2. The Morgan fingerprint density at radius 1 is 1.03 bits per heavy atom. The van der Waals surface area contributed by atoms with E-state index in [0.29, 0.717) is 22.9 Å². The largest absolute Gasteiger partial charge is 0.495 e. The van der Waals surface area contributed by atoms with E-state index in [1.807, 2.05) is 13.8 Å². The SMILES string of the molecule is CCCNC(=O)[C@@H](C)N(Cc1ccccc1Cl)C(=O)CN(c1cc(C)ccc1OC)S(=O)(=O)c1ccccc1. The van der Waals surface area contributed by atoms with Gasteiger partial charge in [0.15, 0.2) is 0 Å². The van der Waals surface area contributed by atoms with Gasteiger partial charge < -0.3 is 15.0 Å². The lowest BCUT2D eigenvalue weighted by Crippen LogP contribution is -2.51. The van der Waals surface area contributed by atoms with Gasteiger partial charge in [-0.05, 0) is 61.7 Å². The molecule has 0 spiro atoms. The Kier molecular flexibility index (Phi) is 10.4. The molecule has 0 radical (unpaired) electrons. The van der Waals surface area contributed by atoms with E-state index < -0.39 is 28.5 Å². The highest BCUT2D eigenvalue weighted by Gasteiger charge is 2.34. The summed E-state index contributed by atoms with van der Waals surface area (Å²) in [4.78, 5) is 28.3. The Bertz CT molecular complexity index is 1400. The van der Waals surface area contributed by atoms with Crippen LogP contribution in [0.15, 0.2) is 77.7 Å². The molecule has 0 aliphatic carbocycles. The van der Waals surface area contributed by atoms with Crippen molar-refractivity contribution in [2.24, 2.45) is 0 Å². The molecular weight excluding hydrogens is 538 g/mol. The van der Waals surface area contributed by atoms with Crippen LogP contribution >= 0.6 is 11.6 Å². The fourth-order valence-corrected chi connectivity index (χ4v) is 5.65. The molecule has 3 aromatic rings. The van der Waals surface area contributed by atoms with E-state index in [1.165, 1.54) is 24.1 Å². The smallest absolute Gasteiger partial charge is 0.264 e. The van der Waals surface area contributed by atoms with Crippen LogP contribution in [-0.4, -0.2) is 51.4 Å². The predicted molar refractivity (Wildman–Crippen MR) is 153 cm³/mol. The molecule has 1 N–H and O–H groups in total. The van der Waals surface area contributed by atoms with Gasteiger partial charge in [0.1, 0.15) is 18.3 Å². The first-order valence-corrected chi connectivity index (χ1v) is 14.4. The average molecular weight is 572 g/mol. The molecule has 0 saturated carbocycles. The number of nitrogens with one attached hydrogen (secondary N) is 1. The van der Waals surface area contributed by atoms with Crippen LogP contribution in [0.25, 0.3) is 0 Å². The fourth-order valence-electron chi connectivity index (χ4n) is 4.02. The van der Waals surface area contributed by atoms with Gasteiger partial charge in [-0.1, -0.05) is 61.0 Å². The van der Waals surface area contributed by atoms with Crippen molar-refractivity contribution in [3.8, 4) is 5.75 Å². The van der Waals surface area contributed by atoms with Gasteiger partial charge in [0.05, 0.1) is 17.7 Å². The summed E-state index contributed by atoms with van der Waals surface area (Å²) in [7, 11) is -2.76. The summed E-state index contributed by atoms with van der Waals surface area (Å²) in [5, 5.41) is 3.25. The van der Waals surface area contributed by atoms with Gasteiger partial charge in [-0.25, -0.2) is 8.42 Å². The van der Waals surface area contributed by atoms with E-state index in [9.17, 15) is 18.0 Å². The van der Waals surface area contributed by atoms with Crippen LogP contribution < -0.4 is 14.4 Å². The third kappa shape index (κ3) is 7.30. The molecule has 0 aliphatic heterocycles. The van der Waals surface area contributed by atoms with Crippen LogP contribution in [0.4, 0.5) is 5.69 Å². The Hall–Kier alpha value is -3.56. The summed E-state index contributed by atoms with van der Waals surface area (Å²) >= 11 is 6.39. The van der Waals surface area contributed by atoms with Crippen molar-refractivity contribution in [1.82, 2.24) is 10.2 Å². The standard InChI is InChI=1S/C29H34ClN3O5S/c1-5-17-31-29(35)22(3)32(19-23-11-9-10-14-25(23)30)28(34)20-33(26-18-21(2)15-16-27(26)38-4)39(36,37)24-12-7-6-8-13-24/h6-16,18,22H,5,17,19-20H2,1-4H3,(H,31,35)/t22-/m1/s1. The van der Waals surface area contributed by atoms with Crippen molar-refractivity contribution in [3.63, 3.8) is 0 Å². The number of hydrogen-bond acceptors (Lipinski definition) is 5. The topological polar surface area (TPSA) is 96.0 Å². The zero-order valence-corrected chi connectivity index (χ0v) is 24.1. The highest BCUT2D eigenvalue weighted by atomic mass is 35.5. The molecule has 0 bridgehead atoms. The molecule has 0 unspecified atom stereocenters. The maximum atomic E-state index is 14.0. The second-order valence-electron chi connectivity index (χ2n) is 9.08. The summed E-state index contributed by atoms with van der Waals surface area (Å²) < 4.78 is 34.4. The molecule has 0 fully saturated rings. The summed E-state index contributed by atoms with van der Waals surface area (Å²) in [6, 6.07) is 19.1.